The van der Waals surface area contributed by atoms with E-state index in [1.807, 2.05) is 6.07 Å². The van der Waals surface area contributed by atoms with E-state index in [0.29, 0.717) is 90.0 Å². The minimum Gasteiger partial charge on any atom is -0.491 e. The number of halogens is 13. The SMILES string of the molecule is CCC(C(=O)OCCC(F)(F)C(F)(F)C(F)(F)C(F)(F)C(F)(F)C(F)(F)F)C1CC1(CCC(=O)OCCCOCCCOCCCOCCCOCCCOCCCO)C(=O)OCCOCCOc1ccc(C#N)cc1. The maximum absolute atomic E-state index is 14.4. The summed E-state index contributed by atoms with van der Waals surface area (Å²) in [4.78, 5) is 39.4. The molecule has 1 fully saturated rings. The summed E-state index contributed by atoms with van der Waals surface area (Å²) < 4.78 is 230. The highest BCUT2D eigenvalue weighted by Crippen LogP contribution is 2.62. The Hall–Kier alpha value is -4.27. The summed E-state index contributed by atoms with van der Waals surface area (Å²) in [5.41, 5.74) is -1.24. The molecule has 1 aromatic carbocycles. The topological polar surface area (TPSA) is 188 Å². The summed E-state index contributed by atoms with van der Waals surface area (Å²) in [7, 11) is 0. The lowest BCUT2D eigenvalue weighted by Gasteiger charge is -2.39. The third-order valence-corrected chi connectivity index (χ3v) is 11.6. The van der Waals surface area contributed by atoms with Crippen LogP contribution in [0.1, 0.15) is 83.1 Å². The molecule has 0 spiro atoms. The molecule has 0 aliphatic heterocycles. The molecule has 1 aliphatic rings. The van der Waals surface area contributed by atoms with Crippen LogP contribution in [0, 0.1) is 28.6 Å². The fourth-order valence-corrected chi connectivity index (χ4v) is 7.20. The van der Waals surface area contributed by atoms with Crippen molar-refractivity contribution in [2.24, 2.45) is 17.3 Å². The van der Waals surface area contributed by atoms with Gasteiger partial charge in [0.25, 0.3) is 0 Å². The molecule has 0 aromatic heterocycles. The van der Waals surface area contributed by atoms with Crippen molar-refractivity contribution in [2.45, 2.75) is 113 Å². The molecule has 0 amide bonds. The second-order valence-electron chi connectivity index (χ2n) is 17.3. The molecule has 1 aliphatic carbocycles. The minimum absolute atomic E-state index is 0.00702. The Balaban J connectivity index is 1.85. The van der Waals surface area contributed by atoms with Crippen molar-refractivity contribution < 1.29 is 124 Å². The van der Waals surface area contributed by atoms with Gasteiger partial charge in [-0.15, -0.1) is 0 Å². The predicted molar refractivity (Wildman–Crippen MR) is 238 cm³/mol. The average molecular weight is 1130 g/mol. The number of aliphatic hydroxyl groups excluding tert-OH is 1. The van der Waals surface area contributed by atoms with Crippen molar-refractivity contribution in [3.05, 3.63) is 29.8 Å². The Labute approximate surface area is 431 Å². The molecule has 0 bridgehead atoms. The molecule has 28 heteroatoms. The highest BCUT2D eigenvalue weighted by atomic mass is 19.4. The maximum Gasteiger partial charge on any atom is 0.460 e. The van der Waals surface area contributed by atoms with Gasteiger partial charge in [0, 0.05) is 85.5 Å². The van der Waals surface area contributed by atoms with Crippen molar-refractivity contribution >= 4 is 17.9 Å². The van der Waals surface area contributed by atoms with Crippen LogP contribution in [0.2, 0.25) is 0 Å². The molecule has 1 saturated carbocycles. The normalized spacial score (nSPS) is 16.7. The molecular formula is C48H66F13NO14. The van der Waals surface area contributed by atoms with Crippen LogP contribution in [-0.2, 0) is 57.0 Å². The molecule has 438 valence electrons. The van der Waals surface area contributed by atoms with Crippen LogP contribution in [0.4, 0.5) is 57.1 Å². The molecule has 0 saturated heterocycles. The highest BCUT2D eigenvalue weighted by Gasteiger charge is 2.90. The molecule has 3 atom stereocenters. The molecule has 1 N–H and O–H groups in total. The molecule has 76 heavy (non-hydrogen) atoms. The van der Waals surface area contributed by atoms with Gasteiger partial charge in [0.15, 0.2) is 0 Å². The molecule has 0 radical (unpaired) electrons. The lowest BCUT2D eigenvalue weighted by molar-refractivity contribution is -0.440. The third kappa shape index (κ3) is 20.8. The van der Waals surface area contributed by atoms with Crippen LogP contribution in [0.15, 0.2) is 24.3 Å². The van der Waals surface area contributed by atoms with Gasteiger partial charge in [-0.05, 0) is 81.5 Å². The zero-order valence-corrected chi connectivity index (χ0v) is 41.9. The van der Waals surface area contributed by atoms with Crippen LogP contribution >= 0.6 is 0 Å². The van der Waals surface area contributed by atoms with Gasteiger partial charge in [-0.2, -0.15) is 62.3 Å². The number of carbonyl (C=O) groups is 3. The third-order valence-electron chi connectivity index (χ3n) is 11.6. The van der Waals surface area contributed by atoms with E-state index < -0.39 is 90.4 Å². The monoisotopic (exact) mass is 1130 g/mol. The first-order chi connectivity index (χ1) is 35.8. The largest absolute Gasteiger partial charge is 0.491 e. The summed E-state index contributed by atoms with van der Waals surface area (Å²) >= 11 is 0. The van der Waals surface area contributed by atoms with Crippen molar-refractivity contribution in [1.29, 1.82) is 5.26 Å². The Morgan fingerprint density at radius 1 is 0.592 bits per heavy atom. The number of hydrogen-bond acceptors (Lipinski definition) is 15. The van der Waals surface area contributed by atoms with Crippen LogP contribution in [0.5, 0.6) is 5.75 Å². The molecule has 2 rings (SSSR count). The number of aliphatic hydroxyl groups is 1. The summed E-state index contributed by atoms with van der Waals surface area (Å²) in [5, 5.41) is 17.6. The number of nitriles is 1. The Kier molecular flexibility index (Phi) is 29.7. The van der Waals surface area contributed by atoms with E-state index in [2.05, 4.69) is 4.74 Å². The standard InChI is InChI=1S/C48H66F13NO14/c1-2-37(40(65)75-28-15-43(49,50)44(51,52)45(53,54)46(55,56)47(57,58)48(59,60)61)38-33-42(38,41(66)76-32-30-72-29-31-73-36-11-9-35(34-62)10-12-36)14-13-39(64)74-27-8-26-71-25-7-24-70-23-6-22-69-21-5-20-68-19-4-18-67-17-3-16-63/h9-12,37-38,63H,2-8,13-33H2,1H3. The highest BCUT2D eigenvalue weighted by molar-refractivity contribution is 5.84. The van der Waals surface area contributed by atoms with Crippen LogP contribution in [0.25, 0.3) is 0 Å². The van der Waals surface area contributed by atoms with Gasteiger partial charge >= 0.3 is 53.7 Å². The molecule has 0 heterocycles. The van der Waals surface area contributed by atoms with Crippen molar-refractivity contribution in [3.63, 3.8) is 0 Å². The number of nitrogens with zero attached hydrogens (tertiary/aromatic N) is 1. The van der Waals surface area contributed by atoms with Crippen LogP contribution < -0.4 is 4.74 Å². The second kappa shape index (κ2) is 33.2. The van der Waals surface area contributed by atoms with E-state index in [1.54, 1.807) is 12.1 Å². The summed E-state index contributed by atoms with van der Waals surface area (Å²) in [5.74, 6) is -43.4. The van der Waals surface area contributed by atoms with Gasteiger partial charge in [-0.1, -0.05) is 6.92 Å². The average Bonchev–Trinajstić information content (AvgIpc) is 4.10. The van der Waals surface area contributed by atoms with Gasteiger partial charge < -0.3 is 52.5 Å². The summed E-state index contributed by atoms with van der Waals surface area (Å²) in [6.45, 7) is 3.67. The molecule has 1 aromatic rings. The number of esters is 3. The van der Waals surface area contributed by atoms with E-state index in [1.165, 1.54) is 19.1 Å². The fourth-order valence-electron chi connectivity index (χ4n) is 7.20. The first-order valence-electron chi connectivity index (χ1n) is 24.5. The van der Waals surface area contributed by atoms with Crippen LogP contribution in [-0.4, -0.2) is 171 Å². The number of ether oxygens (including phenoxy) is 10. The van der Waals surface area contributed by atoms with Crippen molar-refractivity contribution in [3.8, 4) is 11.8 Å². The first-order valence-corrected chi connectivity index (χ1v) is 24.5. The van der Waals surface area contributed by atoms with Crippen LogP contribution in [0.3, 0.4) is 0 Å². The van der Waals surface area contributed by atoms with Gasteiger partial charge in [-0.25, -0.2) is 0 Å². The van der Waals surface area contributed by atoms with Gasteiger partial charge in [0.05, 0.1) is 55.8 Å². The zero-order valence-electron chi connectivity index (χ0n) is 41.9. The number of carbonyl (C=O) groups excluding carboxylic acids is 3. The van der Waals surface area contributed by atoms with E-state index in [-0.39, 0.29) is 71.9 Å². The first kappa shape index (κ1) is 67.8. The quantitative estimate of drug-likeness (QED) is 0.0282. The van der Waals surface area contributed by atoms with E-state index in [9.17, 15) is 71.5 Å². The Bertz CT molecular complexity index is 1880. The number of rotatable bonds is 44. The fraction of sp³-hybridized carbons (Fsp3) is 0.792. The van der Waals surface area contributed by atoms with Gasteiger partial charge in [-0.3, -0.25) is 14.4 Å². The van der Waals surface area contributed by atoms with E-state index in [0.717, 1.165) is 12.8 Å². The lowest BCUT2D eigenvalue weighted by Crippen LogP contribution is -2.70. The number of hydrogen-bond donors (Lipinski definition) is 1. The maximum atomic E-state index is 14.4. The minimum atomic E-state index is -8.08. The summed E-state index contributed by atoms with van der Waals surface area (Å²) in [6, 6.07) is 8.11. The van der Waals surface area contributed by atoms with Crippen molar-refractivity contribution in [1.82, 2.24) is 0 Å². The summed E-state index contributed by atoms with van der Waals surface area (Å²) in [6.07, 6.45) is -7.87. The smallest absolute Gasteiger partial charge is 0.460 e. The van der Waals surface area contributed by atoms with Crippen molar-refractivity contribution in [2.75, 3.05) is 112 Å². The Morgan fingerprint density at radius 3 is 1.53 bits per heavy atom. The predicted octanol–water partition coefficient (Wildman–Crippen LogP) is 8.94. The number of alkyl halides is 13. The molecule has 3 unspecified atom stereocenters. The molecular weight excluding hydrogens is 1060 g/mol. The lowest BCUT2D eigenvalue weighted by atomic mass is 9.89. The zero-order chi connectivity index (χ0) is 56.9. The van der Waals surface area contributed by atoms with E-state index >= 15 is 0 Å². The number of benzene rings is 1. The molecule has 15 nitrogen and oxygen atoms in total. The van der Waals surface area contributed by atoms with E-state index in [4.69, 9.17) is 53.0 Å². The second-order valence-corrected chi connectivity index (χ2v) is 17.3. The van der Waals surface area contributed by atoms with Gasteiger partial charge in [0.2, 0.25) is 0 Å². The van der Waals surface area contributed by atoms with Gasteiger partial charge in [0.1, 0.15) is 19.0 Å². The Morgan fingerprint density at radius 2 is 1.05 bits per heavy atom.